The maximum absolute atomic E-state index is 13.7. The van der Waals surface area contributed by atoms with E-state index in [-0.39, 0.29) is 30.0 Å². The summed E-state index contributed by atoms with van der Waals surface area (Å²) in [4.78, 5) is 45.5. The molecule has 244 valence electrons. The van der Waals surface area contributed by atoms with Crippen LogP contribution in [0.4, 0.5) is 5.69 Å². The molecule has 2 fully saturated rings. The average Bonchev–Trinajstić information content (AvgIpc) is 3.05. The van der Waals surface area contributed by atoms with Gasteiger partial charge in [0.1, 0.15) is 0 Å². The average molecular weight is 626 g/mol. The summed E-state index contributed by atoms with van der Waals surface area (Å²) >= 11 is 0. The van der Waals surface area contributed by atoms with Gasteiger partial charge in [-0.05, 0) is 105 Å². The second kappa shape index (κ2) is 14.9. The topological polar surface area (TPSA) is 107 Å². The number of carbonyl (C=O) groups is 2. The van der Waals surface area contributed by atoms with Gasteiger partial charge in [0, 0.05) is 68.4 Å². The summed E-state index contributed by atoms with van der Waals surface area (Å²) in [5.74, 6) is -0.275. The number of ether oxygens (including phenoxy) is 1. The fourth-order valence-corrected chi connectivity index (χ4v) is 6.63. The van der Waals surface area contributed by atoms with Gasteiger partial charge in [0.05, 0.1) is 6.10 Å². The molecule has 0 bridgehead atoms. The predicted molar refractivity (Wildman–Crippen MR) is 183 cm³/mol. The van der Waals surface area contributed by atoms with Gasteiger partial charge < -0.3 is 25.3 Å². The van der Waals surface area contributed by atoms with Crippen molar-refractivity contribution in [1.29, 1.82) is 0 Å². The first-order valence-corrected chi connectivity index (χ1v) is 16.3. The van der Waals surface area contributed by atoms with Crippen LogP contribution >= 0.6 is 0 Å². The SMILES string of the molecule is C=CC(=O)N1CCC(Nc2cc(-c3ccc(CN4CCCC(OC)C4)cc3)cc(C(=O)NCc3c(C)cc(C)[nH]c3=O)c2C)CC1. The molecule has 9 heteroatoms. The minimum Gasteiger partial charge on any atom is -0.382 e. The lowest BCUT2D eigenvalue weighted by Gasteiger charge is -2.33. The molecule has 0 aliphatic carbocycles. The molecule has 2 aliphatic heterocycles. The number of methoxy groups -OCH3 is 1. The highest BCUT2D eigenvalue weighted by molar-refractivity contribution is 5.98. The Kier molecular flexibility index (Phi) is 10.8. The molecule has 9 nitrogen and oxygen atoms in total. The van der Waals surface area contributed by atoms with Crippen molar-refractivity contribution in [2.24, 2.45) is 0 Å². The third-order valence-corrected chi connectivity index (χ3v) is 9.40. The molecule has 3 N–H and O–H groups in total. The summed E-state index contributed by atoms with van der Waals surface area (Å²) in [5.41, 5.74) is 7.49. The van der Waals surface area contributed by atoms with Gasteiger partial charge in [-0.15, -0.1) is 0 Å². The van der Waals surface area contributed by atoms with Crippen LogP contribution < -0.4 is 16.2 Å². The fraction of sp³-hybridized carbons (Fsp3) is 0.432. The van der Waals surface area contributed by atoms with Crippen molar-refractivity contribution in [3.05, 3.63) is 99.0 Å². The fourth-order valence-electron chi connectivity index (χ4n) is 6.63. The number of rotatable bonds is 10. The van der Waals surface area contributed by atoms with Crippen molar-refractivity contribution in [3.8, 4) is 11.1 Å². The minimum atomic E-state index is -0.234. The molecule has 3 heterocycles. The number of hydrogen-bond acceptors (Lipinski definition) is 6. The summed E-state index contributed by atoms with van der Waals surface area (Å²) in [6, 6.07) is 14.7. The minimum absolute atomic E-state index is 0.0412. The number of likely N-dealkylation sites (tertiary alicyclic amines) is 2. The second-order valence-electron chi connectivity index (χ2n) is 12.7. The monoisotopic (exact) mass is 625 g/mol. The third-order valence-electron chi connectivity index (χ3n) is 9.40. The maximum atomic E-state index is 13.7. The van der Waals surface area contributed by atoms with Crippen LogP contribution in [-0.4, -0.2) is 72.0 Å². The van der Waals surface area contributed by atoms with E-state index in [1.165, 1.54) is 11.6 Å². The van der Waals surface area contributed by atoms with Crippen molar-refractivity contribution < 1.29 is 14.3 Å². The van der Waals surface area contributed by atoms with E-state index in [2.05, 4.69) is 57.4 Å². The third kappa shape index (κ3) is 7.95. The maximum Gasteiger partial charge on any atom is 0.253 e. The van der Waals surface area contributed by atoms with Crippen LogP contribution in [0.3, 0.4) is 0 Å². The molecule has 5 rings (SSSR count). The van der Waals surface area contributed by atoms with E-state index in [4.69, 9.17) is 4.74 Å². The highest BCUT2D eigenvalue weighted by atomic mass is 16.5. The van der Waals surface area contributed by atoms with Gasteiger partial charge in [-0.3, -0.25) is 19.3 Å². The summed E-state index contributed by atoms with van der Waals surface area (Å²) < 4.78 is 5.60. The van der Waals surface area contributed by atoms with Gasteiger partial charge in [0.2, 0.25) is 5.91 Å². The van der Waals surface area contributed by atoms with E-state index in [0.717, 1.165) is 79.0 Å². The van der Waals surface area contributed by atoms with Crippen LogP contribution in [0.5, 0.6) is 0 Å². The Labute approximate surface area is 272 Å². The molecular weight excluding hydrogens is 578 g/mol. The number of nitrogens with one attached hydrogen (secondary N) is 3. The lowest BCUT2D eigenvalue weighted by Crippen LogP contribution is -2.41. The zero-order chi connectivity index (χ0) is 32.8. The Morgan fingerprint density at radius 2 is 1.76 bits per heavy atom. The number of piperidine rings is 2. The Morgan fingerprint density at radius 1 is 1.02 bits per heavy atom. The van der Waals surface area contributed by atoms with Crippen LogP contribution in [0, 0.1) is 20.8 Å². The molecule has 2 aromatic carbocycles. The van der Waals surface area contributed by atoms with Crippen molar-refractivity contribution in [3.63, 3.8) is 0 Å². The van der Waals surface area contributed by atoms with E-state index in [1.807, 2.05) is 37.8 Å². The predicted octanol–water partition coefficient (Wildman–Crippen LogP) is 5.10. The van der Waals surface area contributed by atoms with Crippen molar-refractivity contribution in [2.45, 2.75) is 71.7 Å². The zero-order valence-electron chi connectivity index (χ0n) is 27.6. The number of pyridine rings is 1. The molecular formula is C37H47N5O4. The Balaban J connectivity index is 1.39. The Hall–Kier alpha value is -4.21. The van der Waals surface area contributed by atoms with Crippen molar-refractivity contribution >= 4 is 17.5 Å². The van der Waals surface area contributed by atoms with Gasteiger partial charge in [-0.2, -0.15) is 0 Å². The largest absolute Gasteiger partial charge is 0.382 e. The van der Waals surface area contributed by atoms with E-state index < -0.39 is 0 Å². The van der Waals surface area contributed by atoms with Crippen LogP contribution in [0.15, 0.2) is 59.9 Å². The molecule has 2 saturated heterocycles. The normalized spacial score (nSPS) is 17.5. The number of hydrogen-bond donors (Lipinski definition) is 3. The zero-order valence-corrected chi connectivity index (χ0v) is 27.6. The molecule has 0 saturated carbocycles. The summed E-state index contributed by atoms with van der Waals surface area (Å²) in [5, 5.41) is 6.69. The molecule has 1 aromatic heterocycles. The molecule has 3 aromatic rings. The second-order valence-corrected chi connectivity index (χ2v) is 12.7. The molecule has 2 amide bonds. The first-order chi connectivity index (χ1) is 22.1. The first kappa shape index (κ1) is 33.2. The van der Waals surface area contributed by atoms with Gasteiger partial charge in [-0.1, -0.05) is 30.8 Å². The Morgan fingerprint density at radius 3 is 2.43 bits per heavy atom. The molecule has 2 aliphatic rings. The number of aryl methyl sites for hydroxylation is 2. The molecule has 1 unspecified atom stereocenters. The summed E-state index contributed by atoms with van der Waals surface area (Å²) in [6.45, 7) is 13.6. The van der Waals surface area contributed by atoms with Crippen molar-refractivity contribution in [1.82, 2.24) is 20.1 Å². The Bertz CT molecular complexity index is 1620. The van der Waals surface area contributed by atoms with Crippen LogP contribution in [-0.2, 0) is 22.6 Å². The van der Waals surface area contributed by atoms with E-state index in [0.29, 0.717) is 30.3 Å². The van der Waals surface area contributed by atoms with Gasteiger partial charge in [0.15, 0.2) is 0 Å². The number of nitrogens with zero attached hydrogens (tertiary/aromatic N) is 2. The van der Waals surface area contributed by atoms with Crippen LogP contribution in [0.1, 0.15) is 64.0 Å². The van der Waals surface area contributed by atoms with E-state index >= 15 is 0 Å². The number of benzene rings is 2. The molecule has 0 radical (unpaired) electrons. The van der Waals surface area contributed by atoms with Gasteiger partial charge in [0.25, 0.3) is 11.5 Å². The lowest BCUT2D eigenvalue weighted by atomic mass is 9.95. The summed E-state index contributed by atoms with van der Waals surface area (Å²) in [6.07, 6.45) is 5.51. The lowest BCUT2D eigenvalue weighted by molar-refractivity contribution is -0.126. The number of aromatic amines is 1. The van der Waals surface area contributed by atoms with Crippen LogP contribution in [0.2, 0.25) is 0 Å². The quantitative estimate of drug-likeness (QED) is 0.271. The highest BCUT2D eigenvalue weighted by Gasteiger charge is 2.24. The number of anilines is 1. The van der Waals surface area contributed by atoms with Crippen molar-refractivity contribution in [2.75, 3.05) is 38.6 Å². The number of H-pyrrole nitrogens is 1. The number of amides is 2. The molecule has 46 heavy (non-hydrogen) atoms. The number of carbonyl (C=O) groups excluding carboxylic acids is 2. The highest BCUT2D eigenvalue weighted by Crippen LogP contribution is 2.31. The van der Waals surface area contributed by atoms with Gasteiger partial charge in [-0.25, -0.2) is 0 Å². The molecule has 0 spiro atoms. The summed E-state index contributed by atoms with van der Waals surface area (Å²) in [7, 11) is 1.79. The van der Waals surface area contributed by atoms with E-state index in [9.17, 15) is 14.4 Å². The standard InChI is InChI=1S/C37H47N5O4/c1-6-35(43)42-16-13-30(14-17-42)40-34-20-29(28-11-9-27(10-12-28)22-41-15-7-8-31(23-41)46-5)19-32(26(34)4)36(44)38-21-33-24(2)18-25(3)39-37(33)45/h6,9-12,18-20,30-31,40H,1,7-8,13-17,21-23H2,2-5H3,(H,38,44)(H,39,45). The van der Waals surface area contributed by atoms with Gasteiger partial charge >= 0.3 is 0 Å². The first-order valence-electron chi connectivity index (χ1n) is 16.3. The number of aromatic nitrogens is 1. The van der Waals surface area contributed by atoms with E-state index in [1.54, 1.807) is 7.11 Å². The molecule has 1 atom stereocenters. The van der Waals surface area contributed by atoms with Crippen LogP contribution in [0.25, 0.3) is 11.1 Å². The smallest absolute Gasteiger partial charge is 0.253 e.